The maximum absolute atomic E-state index is 12.0. The molecule has 0 atom stereocenters. The fraction of sp³-hybridized carbons (Fsp3) is 0.600. The van der Waals surface area contributed by atoms with Crippen molar-refractivity contribution >= 4 is 5.78 Å². The number of aromatic nitrogens is 1. The van der Waals surface area contributed by atoms with Crippen LogP contribution in [-0.4, -0.2) is 10.8 Å². The normalized spacial score (nSPS) is 12.6. The number of ketones is 1. The van der Waals surface area contributed by atoms with E-state index < -0.39 is 0 Å². The first-order chi connectivity index (χ1) is 7.60. The fourth-order valence-corrected chi connectivity index (χ4v) is 1.47. The molecule has 0 fully saturated rings. The number of carbonyl (C=O) groups excluding carboxylic acids is 1. The number of pyridine rings is 1. The van der Waals surface area contributed by atoms with Gasteiger partial charge in [0.25, 0.3) is 0 Å². The fourth-order valence-electron chi connectivity index (χ4n) is 1.47. The van der Waals surface area contributed by atoms with Crippen LogP contribution in [0, 0.1) is 5.41 Å². The van der Waals surface area contributed by atoms with E-state index >= 15 is 0 Å². The zero-order valence-corrected chi connectivity index (χ0v) is 11.8. The Labute approximate surface area is 104 Å². The van der Waals surface area contributed by atoms with Crippen molar-refractivity contribution < 1.29 is 4.79 Å². The van der Waals surface area contributed by atoms with Crippen LogP contribution in [0.1, 0.15) is 52.8 Å². The Morgan fingerprint density at radius 2 is 1.76 bits per heavy atom. The molecule has 1 aromatic rings. The van der Waals surface area contributed by atoms with Gasteiger partial charge < -0.3 is 0 Å². The van der Waals surface area contributed by atoms with E-state index in [2.05, 4.69) is 25.8 Å². The van der Waals surface area contributed by atoms with Crippen molar-refractivity contribution in [2.45, 2.75) is 53.4 Å². The maximum Gasteiger partial charge on any atom is 0.144 e. The van der Waals surface area contributed by atoms with Crippen molar-refractivity contribution in [3.05, 3.63) is 29.6 Å². The monoisotopic (exact) mass is 233 g/mol. The summed E-state index contributed by atoms with van der Waals surface area (Å²) in [5, 5.41) is 0. The molecule has 0 radical (unpaired) electrons. The first kappa shape index (κ1) is 13.9. The Morgan fingerprint density at radius 3 is 2.24 bits per heavy atom. The predicted molar refractivity (Wildman–Crippen MR) is 71.1 cm³/mol. The lowest BCUT2D eigenvalue weighted by molar-refractivity contribution is -0.125. The third-order valence-corrected chi connectivity index (χ3v) is 2.86. The molecule has 0 aliphatic carbocycles. The lowest BCUT2D eigenvalue weighted by Crippen LogP contribution is -2.23. The molecule has 0 spiro atoms. The van der Waals surface area contributed by atoms with Crippen LogP contribution in [0.25, 0.3) is 0 Å². The van der Waals surface area contributed by atoms with Crippen LogP contribution < -0.4 is 0 Å². The summed E-state index contributed by atoms with van der Waals surface area (Å²) in [5.74, 6) is 0.232. The second-order valence-electron chi connectivity index (χ2n) is 6.64. The molecule has 94 valence electrons. The highest BCUT2D eigenvalue weighted by Crippen LogP contribution is 2.23. The van der Waals surface area contributed by atoms with Crippen LogP contribution in [-0.2, 0) is 16.6 Å². The Balaban J connectivity index is 2.91. The summed E-state index contributed by atoms with van der Waals surface area (Å²) in [5.41, 5.74) is 1.91. The third-order valence-electron chi connectivity index (χ3n) is 2.86. The van der Waals surface area contributed by atoms with E-state index in [4.69, 9.17) is 0 Å². The van der Waals surface area contributed by atoms with E-state index in [0.29, 0.717) is 6.42 Å². The molecular formula is C15H23NO. The highest BCUT2D eigenvalue weighted by atomic mass is 16.1. The number of rotatable bonds is 2. The van der Waals surface area contributed by atoms with Crippen LogP contribution in [0.15, 0.2) is 18.3 Å². The van der Waals surface area contributed by atoms with Gasteiger partial charge in [-0.25, -0.2) is 0 Å². The summed E-state index contributed by atoms with van der Waals surface area (Å²) in [4.78, 5) is 16.2. The van der Waals surface area contributed by atoms with E-state index in [-0.39, 0.29) is 16.6 Å². The summed E-state index contributed by atoms with van der Waals surface area (Å²) in [6, 6.07) is 4.06. The first-order valence-electron chi connectivity index (χ1n) is 6.09. The minimum Gasteiger partial charge on any atom is -0.299 e. The van der Waals surface area contributed by atoms with Gasteiger partial charge in [-0.2, -0.15) is 0 Å². The van der Waals surface area contributed by atoms with Crippen LogP contribution in [0.4, 0.5) is 0 Å². The van der Waals surface area contributed by atoms with Gasteiger partial charge >= 0.3 is 0 Å². The Hall–Kier alpha value is -1.18. The average molecular weight is 233 g/mol. The minimum atomic E-state index is -0.292. The SMILES string of the molecule is CC(C)(C)C(=O)Cc1cc(C(C)(C)C)ccn1. The van der Waals surface area contributed by atoms with Gasteiger partial charge in [0.05, 0.1) is 0 Å². The third kappa shape index (κ3) is 3.95. The van der Waals surface area contributed by atoms with Gasteiger partial charge in [-0.15, -0.1) is 0 Å². The molecule has 0 saturated carbocycles. The van der Waals surface area contributed by atoms with E-state index in [0.717, 1.165) is 5.69 Å². The summed E-state index contributed by atoms with van der Waals surface area (Å²) in [7, 11) is 0. The molecule has 0 bridgehead atoms. The smallest absolute Gasteiger partial charge is 0.144 e. The number of hydrogen-bond donors (Lipinski definition) is 0. The lowest BCUT2D eigenvalue weighted by atomic mass is 9.85. The molecule has 2 nitrogen and oxygen atoms in total. The molecule has 0 aromatic carbocycles. The minimum absolute atomic E-state index is 0.0997. The molecule has 0 N–H and O–H groups in total. The van der Waals surface area contributed by atoms with Gasteiger partial charge in [-0.05, 0) is 23.1 Å². The quantitative estimate of drug-likeness (QED) is 0.782. The molecule has 17 heavy (non-hydrogen) atoms. The van der Waals surface area contributed by atoms with E-state index in [9.17, 15) is 4.79 Å². The lowest BCUT2D eigenvalue weighted by Gasteiger charge is -2.20. The molecule has 1 heterocycles. The summed E-state index contributed by atoms with van der Waals surface area (Å²) in [6.07, 6.45) is 2.22. The zero-order chi connectivity index (χ0) is 13.3. The van der Waals surface area contributed by atoms with Crippen molar-refractivity contribution in [2.24, 2.45) is 5.41 Å². The number of carbonyl (C=O) groups is 1. The Kier molecular flexibility index (Phi) is 3.75. The summed E-state index contributed by atoms with van der Waals surface area (Å²) >= 11 is 0. The molecule has 0 amide bonds. The van der Waals surface area contributed by atoms with Gasteiger partial charge in [-0.3, -0.25) is 9.78 Å². The molecule has 0 unspecified atom stereocenters. The van der Waals surface area contributed by atoms with Crippen LogP contribution in [0.2, 0.25) is 0 Å². The highest BCUT2D eigenvalue weighted by Gasteiger charge is 2.22. The van der Waals surface area contributed by atoms with Crippen LogP contribution >= 0.6 is 0 Å². The van der Waals surface area contributed by atoms with Gasteiger partial charge in [0.15, 0.2) is 0 Å². The van der Waals surface area contributed by atoms with Gasteiger partial charge in [-0.1, -0.05) is 41.5 Å². The molecule has 2 heteroatoms. The molecular weight excluding hydrogens is 210 g/mol. The predicted octanol–water partition coefficient (Wildman–Crippen LogP) is 3.54. The summed E-state index contributed by atoms with van der Waals surface area (Å²) < 4.78 is 0. The Bertz CT molecular complexity index is 408. The topological polar surface area (TPSA) is 30.0 Å². The van der Waals surface area contributed by atoms with Crippen molar-refractivity contribution in [1.82, 2.24) is 4.98 Å². The maximum atomic E-state index is 12.0. The van der Waals surface area contributed by atoms with Crippen molar-refractivity contribution in [3.8, 4) is 0 Å². The molecule has 1 aromatic heterocycles. The second kappa shape index (κ2) is 4.59. The van der Waals surface area contributed by atoms with Crippen molar-refractivity contribution in [3.63, 3.8) is 0 Å². The van der Waals surface area contributed by atoms with Crippen molar-refractivity contribution in [1.29, 1.82) is 0 Å². The Morgan fingerprint density at radius 1 is 1.18 bits per heavy atom. The highest BCUT2D eigenvalue weighted by molar-refractivity contribution is 5.85. The molecule has 0 aliphatic heterocycles. The van der Waals surface area contributed by atoms with Crippen LogP contribution in [0.5, 0.6) is 0 Å². The van der Waals surface area contributed by atoms with Gasteiger partial charge in [0.1, 0.15) is 5.78 Å². The number of Topliss-reactive ketones (excluding diaryl/α,β-unsaturated/α-hetero) is 1. The van der Waals surface area contributed by atoms with E-state index in [1.165, 1.54) is 5.56 Å². The zero-order valence-electron chi connectivity index (χ0n) is 11.8. The number of nitrogens with zero attached hydrogens (tertiary/aromatic N) is 1. The van der Waals surface area contributed by atoms with E-state index in [1.807, 2.05) is 32.9 Å². The molecule has 0 saturated heterocycles. The van der Waals surface area contributed by atoms with Crippen molar-refractivity contribution in [2.75, 3.05) is 0 Å². The second-order valence-corrected chi connectivity index (χ2v) is 6.64. The van der Waals surface area contributed by atoms with Crippen LogP contribution in [0.3, 0.4) is 0 Å². The first-order valence-corrected chi connectivity index (χ1v) is 6.09. The largest absolute Gasteiger partial charge is 0.299 e. The standard InChI is InChI=1S/C15H23NO/c1-14(2,3)11-7-8-16-12(9-11)10-13(17)15(4,5)6/h7-9H,10H2,1-6H3. The van der Waals surface area contributed by atoms with Gasteiger partial charge in [0, 0.05) is 23.7 Å². The average Bonchev–Trinajstić information content (AvgIpc) is 2.15. The van der Waals surface area contributed by atoms with E-state index in [1.54, 1.807) is 6.20 Å². The molecule has 0 aliphatic rings. The van der Waals surface area contributed by atoms with Gasteiger partial charge in [0.2, 0.25) is 0 Å². The number of hydrogen-bond acceptors (Lipinski definition) is 2. The summed E-state index contributed by atoms with van der Waals surface area (Å²) in [6.45, 7) is 12.3. The molecule has 1 rings (SSSR count).